The van der Waals surface area contributed by atoms with E-state index in [9.17, 15) is 4.79 Å². The number of tetrazole rings is 1. The Morgan fingerprint density at radius 1 is 1.26 bits per heavy atom. The van der Waals surface area contributed by atoms with Crippen LogP contribution in [0.2, 0.25) is 5.02 Å². The molecule has 3 aromatic rings. The standard InChI is InChI=1S/C24H25BrClN5O4/c1-5-33-19-11-16(10-17(25)22(19)34-12-15-8-6-7-9-18(15)26)21-20(23(32)35-13(2)3)14(4)27-24-28-29-30-31(21)24/h6-11,13,21H,5,12H2,1-4H3,(H,27,28,30). The molecule has 0 saturated heterocycles. The number of esters is 1. The molecule has 1 unspecified atom stereocenters. The Hall–Kier alpha value is -3.11. The van der Waals surface area contributed by atoms with Crippen molar-refractivity contribution in [3.63, 3.8) is 0 Å². The maximum atomic E-state index is 13.1. The Morgan fingerprint density at radius 3 is 2.74 bits per heavy atom. The normalized spacial score (nSPS) is 15.0. The maximum absolute atomic E-state index is 13.1. The van der Waals surface area contributed by atoms with Crippen LogP contribution < -0.4 is 14.8 Å². The van der Waals surface area contributed by atoms with Crippen LogP contribution in [-0.2, 0) is 16.1 Å². The van der Waals surface area contributed by atoms with Crippen molar-refractivity contribution < 1.29 is 19.0 Å². The predicted octanol–water partition coefficient (Wildman–Crippen LogP) is 5.31. The molecule has 1 aliphatic rings. The molecule has 11 heteroatoms. The van der Waals surface area contributed by atoms with Crippen LogP contribution in [0.5, 0.6) is 11.5 Å². The molecule has 1 aliphatic heterocycles. The van der Waals surface area contributed by atoms with E-state index >= 15 is 0 Å². The number of nitrogens with one attached hydrogen (secondary N) is 1. The monoisotopic (exact) mass is 561 g/mol. The van der Waals surface area contributed by atoms with Crippen LogP contribution in [0.15, 0.2) is 52.1 Å². The number of allylic oxidation sites excluding steroid dienone is 1. The molecule has 0 amide bonds. The van der Waals surface area contributed by atoms with E-state index < -0.39 is 12.0 Å². The lowest BCUT2D eigenvalue weighted by Crippen LogP contribution is -2.30. The van der Waals surface area contributed by atoms with Gasteiger partial charge in [-0.25, -0.2) is 4.79 Å². The van der Waals surface area contributed by atoms with Crippen LogP contribution in [0.1, 0.15) is 44.9 Å². The lowest BCUT2D eigenvalue weighted by Gasteiger charge is -2.28. The third-order valence-corrected chi connectivity index (χ3v) is 6.21. The molecule has 0 spiro atoms. The maximum Gasteiger partial charge on any atom is 0.338 e. The van der Waals surface area contributed by atoms with Gasteiger partial charge in [0.1, 0.15) is 12.6 Å². The van der Waals surface area contributed by atoms with Gasteiger partial charge in [-0.05, 0) is 77.8 Å². The minimum atomic E-state index is -0.638. The highest BCUT2D eigenvalue weighted by atomic mass is 79.9. The summed E-state index contributed by atoms with van der Waals surface area (Å²) in [7, 11) is 0. The second kappa shape index (κ2) is 10.7. The van der Waals surface area contributed by atoms with Gasteiger partial charge in [0.25, 0.3) is 0 Å². The molecule has 0 bridgehead atoms. The minimum Gasteiger partial charge on any atom is -0.490 e. The molecule has 1 N–H and O–H groups in total. The van der Waals surface area contributed by atoms with Crippen LogP contribution in [0.25, 0.3) is 0 Å². The lowest BCUT2D eigenvalue weighted by atomic mass is 9.95. The number of hydrogen-bond donors (Lipinski definition) is 1. The van der Waals surface area contributed by atoms with Crippen molar-refractivity contribution >= 4 is 39.4 Å². The van der Waals surface area contributed by atoms with E-state index in [1.165, 1.54) is 0 Å². The molecule has 35 heavy (non-hydrogen) atoms. The van der Waals surface area contributed by atoms with E-state index in [4.69, 9.17) is 25.8 Å². The number of anilines is 1. The summed E-state index contributed by atoms with van der Waals surface area (Å²) in [5.74, 6) is 0.991. The first-order chi connectivity index (χ1) is 16.8. The van der Waals surface area contributed by atoms with Gasteiger partial charge >= 0.3 is 5.97 Å². The largest absolute Gasteiger partial charge is 0.490 e. The lowest BCUT2D eigenvalue weighted by molar-refractivity contribution is -0.143. The van der Waals surface area contributed by atoms with Crippen molar-refractivity contribution in [2.24, 2.45) is 0 Å². The van der Waals surface area contributed by atoms with Gasteiger partial charge < -0.3 is 19.5 Å². The Balaban J connectivity index is 1.76. The summed E-state index contributed by atoms with van der Waals surface area (Å²) in [6.45, 7) is 7.96. The molecule has 2 aromatic carbocycles. The van der Waals surface area contributed by atoms with E-state index in [2.05, 4.69) is 36.8 Å². The summed E-state index contributed by atoms with van der Waals surface area (Å²) in [5, 5.41) is 15.6. The highest BCUT2D eigenvalue weighted by Gasteiger charge is 2.36. The third kappa shape index (κ3) is 5.28. The molecule has 9 nitrogen and oxygen atoms in total. The molecule has 1 aromatic heterocycles. The van der Waals surface area contributed by atoms with Crippen LogP contribution >= 0.6 is 27.5 Å². The summed E-state index contributed by atoms with van der Waals surface area (Å²) < 4.78 is 19.8. The van der Waals surface area contributed by atoms with Crippen LogP contribution in [0.4, 0.5) is 5.95 Å². The van der Waals surface area contributed by atoms with E-state index in [-0.39, 0.29) is 12.7 Å². The summed E-state index contributed by atoms with van der Waals surface area (Å²) in [6.07, 6.45) is -0.287. The van der Waals surface area contributed by atoms with Crippen LogP contribution in [-0.4, -0.2) is 38.9 Å². The molecule has 1 atom stereocenters. The molecule has 2 heterocycles. The number of nitrogens with zero attached hydrogens (tertiary/aromatic N) is 4. The zero-order valence-corrected chi connectivity index (χ0v) is 22.1. The van der Waals surface area contributed by atoms with Crippen LogP contribution in [0.3, 0.4) is 0 Å². The van der Waals surface area contributed by atoms with Gasteiger partial charge in [0.05, 0.1) is 22.8 Å². The predicted molar refractivity (Wildman–Crippen MR) is 135 cm³/mol. The number of hydrogen-bond acceptors (Lipinski definition) is 8. The third-order valence-electron chi connectivity index (χ3n) is 5.25. The van der Waals surface area contributed by atoms with E-state index in [0.29, 0.717) is 44.8 Å². The van der Waals surface area contributed by atoms with E-state index in [1.807, 2.05) is 43.3 Å². The number of carbonyl (C=O) groups is 1. The molecule has 0 fully saturated rings. The van der Waals surface area contributed by atoms with Crippen molar-refractivity contribution in [3.05, 3.63) is 68.3 Å². The summed E-state index contributed by atoms with van der Waals surface area (Å²) in [4.78, 5) is 13.1. The number of aromatic nitrogens is 4. The Kier molecular flexibility index (Phi) is 7.61. The SMILES string of the molecule is CCOc1cc(C2C(C(=O)OC(C)C)=C(C)Nc3nnnn32)cc(Br)c1OCc1ccccc1Cl. The van der Waals surface area contributed by atoms with Gasteiger partial charge in [-0.1, -0.05) is 34.9 Å². The number of halogens is 2. The fraction of sp³-hybridized carbons (Fsp3) is 0.333. The zero-order chi connectivity index (χ0) is 25.1. The summed E-state index contributed by atoms with van der Waals surface area (Å²) in [6, 6.07) is 10.5. The highest BCUT2D eigenvalue weighted by Crippen LogP contribution is 2.43. The number of ether oxygens (including phenoxy) is 3. The molecule has 4 rings (SSSR count). The van der Waals surface area contributed by atoms with Crippen molar-refractivity contribution in [2.75, 3.05) is 11.9 Å². The molecule has 184 valence electrons. The quantitative estimate of drug-likeness (QED) is 0.369. The molecular weight excluding hydrogens is 538 g/mol. The van der Waals surface area contributed by atoms with Crippen molar-refractivity contribution in [1.82, 2.24) is 20.2 Å². The average molecular weight is 563 g/mol. The second-order valence-corrected chi connectivity index (χ2v) is 9.37. The van der Waals surface area contributed by atoms with Gasteiger partial charge in [-0.2, -0.15) is 4.68 Å². The number of carbonyl (C=O) groups excluding carboxylic acids is 1. The smallest absolute Gasteiger partial charge is 0.338 e. The number of rotatable bonds is 8. The fourth-order valence-corrected chi connectivity index (χ4v) is 4.54. The first-order valence-electron chi connectivity index (χ1n) is 11.1. The Labute approximate surface area is 216 Å². The topological polar surface area (TPSA) is 100 Å². The Morgan fingerprint density at radius 2 is 2.03 bits per heavy atom. The number of fused-ring (bicyclic) bond motifs is 1. The minimum absolute atomic E-state index is 0.257. The zero-order valence-electron chi connectivity index (χ0n) is 19.7. The summed E-state index contributed by atoms with van der Waals surface area (Å²) >= 11 is 9.91. The highest BCUT2D eigenvalue weighted by molar-refractivity contribution is 9.10. The van der Waals surface area contributed by atoms with E-state index in [0.717, 1.165) is 11.1 Å². The van der Waals surface area contributed by atoms with Crippen molar-refractivity contribution in [3.8, 4) is 11.5 Å². The number of benzene rings is 2. The van der Waals surface area contributed by atoms with Crippen molar-refractivity contribution in [1.29, 1.82) is 0 Å². The van der Waals surface area contributed by atoms with Gasteiger partial charge in [-0.3, -0.25) is 0 Å². The molecular formula is C24H25BrClN5O4. The summed E-state index contributed by atoms with van der Waals surface area (Å²) in [5.41, 5.74) is 2.57. The Bertz CT molecular complexity index is 1280. The van der Waals surface area contributed by atoms with E-state index in [1.54, 1.807) is 25.5 Å². The van der Waals surface area contributed by atoms with Gasteiger partial charge in [0.15, 0.2) is 11.5 Å². The average Bonchev–Trinajstić information content (AvgIpc) is 3.26. The molecule has 0 radical (unpaired) electrons. The second-order valence-electron chi connectivity index (χ2n) is 8.11. The molecule has 0 aliphatic carbocycles. The van der Waals surface area contributed by atoms with Gasteiger partial charge in [0, 0.05) is 16.3 Å². The first kappa shape index (κ1) is 25.0. The van der Waals surface area contributed by atoms with Crippen LogP contribution in [0, 0.1) is 0 Å². The molecule has 0 saturated carbocycles. The van der Waals surface area contributed by atoms with Gasteiger partial charge in [-0.15, -0.1) is 0 Å². The van der Waals surface area contributed by atoms with Gasteiger partial charge in [0.2, 0.25) is 5.95 Å². The fourth-order valence-electron chi connectivity index (χ4n) is 3.78. The van der Waals surface area contributed by atoms with Crippen molar-refractivity contribution in [2.45, 2.75) is 46.4 Å². The first-order valence-corrected chi connectivity index (χ1v) is 12.3.